The molecule has 0 aromatic carbocycles. The van der Waals surface area contributed by atoms with Crippen LogP contribution in [0.4, 0.5) is 0 Å². The van der Waals surface area contributed by atoms with E-state index >= 15 is 0 Å². The summed E-state index contributed by atoms with van der Waals surface area (Å²) in [5.74, 6) is -0.00231. The zero-order valence-corrected chi connectivity index (χ0v) is 5.92. The van der Waals surface area contributed by atoms with Gasteiger partial charge in [0.25, 0.3) is 0 Å². The van der Waals surface area contributed by atoms with Gasteiger partial charge >= 0.3 is 0 Å². The van der Waals surface area contributed by atoms with Gasteiger partial charge in [0.1, 0.15) is 6.29 Å². The number of rotatable bonds is 1. The summed E-state index contributed by atoms with van der Waals surface area (Å²) in [6.07, 6.45) is 2.03. The summed E-state index contributed by atoms with van der Waals surface area (Å²) in [4.78, 5) is 22.2. The summed E-state index contributed by atoms with van der Waals surface area (Å²) in [6, 6.07) is 0. The molecule has 0 rings (SSSR count). The summed E-state index contributed by atoms with van der Waals surface area (Å²) < 4.78 is 0. The van der Waals surface area contributed by atoms with Gasteiger partial charge in [-0.15, -0.1) is 0 Å². The molecule has 0 fully saturated rings. The summed E-state index contributed by atoms with van der Waals surface area (Å²) in [5.41, 5.74) is 0. The van der Waals surface area contributed by atoms with Crippen LogP contribution < -0.4 is 0 Å². The van der Waals surface area contributed by atoms with Crippen LogP contribution >= 0.6 is 0 Å². The Morgan fingerprint density at radius 3 is 1.89 bits per heavy atom. The highest BCUT2D eigenvalue weighted by Crippen LogP contribution is 1.56. The largest absolute Gasteiger partial charge is 0.304 e. The van der Waals surface area contributed by atoms with Crippen molar-refractivity contribution < 1.29 is 9.59 Å². The fourth-order valence-corrected chi connectivity index (χ4v) is 0.182. The van der Waals surface area contributed by atoms with Crippen molar-refractivity contribution in [1.82, 2.24) is 0 Å². The molecule has 0 aliphatic carbocycles. The van der Waals surface area contributed by atoms with Crippen molar-refractivity contribution >= 4 is 18.3 Å². The smallest absolute Gasteiger partial charge is 0.170 e. The van der Waals surface area contributed by atoms with E-state index in [9.17, 15) is 4.79 Å². The molecule has 0 radical (unpaired) electrons. The van der Waals surface area contributed by atoms with E-state index < -0.39 is 0 Å². The van der Waals surface area contributed by atoms with Gasteiger partial charge in [0, 0.05) is 14.0 Å². The molecule has 0 unspecified atom stereocenters. The molecule has 0 saturated carbocycles. The lowest BCUT2D eigenvalue weighted by Gasteiger charge is -1.68. The Balaban J connectivity index is 0. The van der Waals surface area contributed by atoms with Gasteiger partial charge in [0.05, 0.1) is 6.21 Å². The summed E-state index contributed by atoms with van der Waals surface area (Å²) >= 11 is 0. The molecule has 52 valence electrons. The Morgan fingerprint density at radius 2 is 1.89 bits per heavy atom. The number of carbonyl (C=O) groups excluding carboxylic acids is 2. The number of carbonyl (C=O) groups is 2. The van der Waals surface area contributed by atoms with E-state index in [2.05, 4.69) is 4.99 Å². The lowest BCUT2D eigenvalue weighted by atomic mass is 10.5. The molecule has 0 spiro atoms. The molecule has 0 aromatic heterocycles. The Labute approximate surface area is 54.8 Å². The molecule has 0 amide bonds. The average molecular weight is 129 g/mol. The van der Waals surface area contributed by atoms with Crippen molar-refractivity contribution in [2.24, 2.45) is 4.99 Å². The van der Waals surface area contributed by atoms with Crippen LogP contribution in [0.2, 0.25) is 0 Å². The van der Waals surface area contributed by atoms with Crippen LogP contribution in [-0.2, 0) is 9.59 Å². The van der Waals surface area contributed by atoms with Crippen molar-refractivity contribution in [3.63, 3.8) is 0 Å². The fourth-order valence-electron chi connectivity index (χ4n) is 0.182. The predicted molar refractivity (Wildman–Crippen MR) is 36.8 cm³/mol. The number of aldehydes is 1. The molecule has 0 aromatic rings. The van der Waals surface area contributed by atoms with Crippen molar-refractivity contribution in [3.05, 3.63) is 0 Å². The number of aliphatic imine (C=N–C) groups is 1. The third-order valence-electron chi connectivity index (χ3n) is 0.311. The van der Waals surface area contributed by atoms with E-state index in [0.29, 0.717) is 0 Å². The lowest BCUT2D eigenvalue weighted by Crippen LogP contribution is -1.87. The Bertz CT molecular complexity index is 108. The van der Waals surface area contributed by atoms with Crippen LogP contribution in [0.5, 0.6) is 0 Å². The quantitative estimate of drug-likeness (QED) is 0.382. The van der Waals surface area contributed by atoms with E-state index in [1.54, 1.807) is 7.05 Å². The van der Waals surface area contributed by atoms with Crippen molar-refractivity contribution in [2.45, 2.75) is 13.8 Å². The maximum Gasteiger partial charge on any atom is 0.170 e. The minimum atomic E-state index is -0.00231. The van der Waals surface area contributed by atoms with Crippen LogP contribution in [0, 0.1) is 0 Å². The zero-order valence-electron chi connectivity index (χ0n) is 5.92. The van der Waals surface area contributed by atoms with Gasteiger partial charge < -0.3 is 4.79 Å². The molecule has 0 aliphatic rings. The fraction of sp³-hybridized carbons (Fsp3) is 0.500. The van der Waals surface area contributed by atoms with E-state index in [0.717, 1.165) is 6.29 Å². The first-order valence-corrected chi connectivity index (χ1v) is 2.51. The SMILES string of the molecule is CC=O.CN=CC(C)=O. The highest BCUT2D eigenvalue weighted by atomic mass is 16.1. The summed E-state index contributed by atoms with van der Waals surface area (Å²) in [7, 11) is 1.57. The first kappa shape index (κ1) is 10.9. The van der Waals surface area contributed by atoms with Crippen LogP contribution in [0.3, 0.4) is 0 Å². The minimum absolute atomic E-state index is 0.00231. The standard InChI is InChI=1S/C4H7NO.C2H4O/c1-4(6)3-5-2;1-2-3/h3H,1-2H3;2H,1H3. The van der Waals surface area contributed by atoms with E-state index in [-0.39, 0.29) is 5.78 Å². The summed E-state index contributed by atoms with van der Waals surface area (Å²) in [5, 5.41) is 0. The van der Waals surface area contributed by atoms with Gasteiger partial charge in [-0.2, -0.15) is 0 Å². The van der Waals surface area contributed by atoms with Gasteiger partial charge in [-0.1, -0.05) is 0 Å². The Morgan fingerprint density at radius 1 is 1.56 bits per heavy atom. The van der Waals surface area contributed by atoms with Crippen molar-refractivity contribution in [1.29, 1.82) is 0 Å². The minimum Gasteiger partial charge on any atom is -0.304 e. The van der Waals surface area contributed by atoms with Crippen LogP contribution in [0.25, 0.3) is 0 Å². The number of nitrogens with zero attached hydrogens (tertiary/aromatic N) is 1. The molecule has 0 aliphatic heterocycles. The highest BCUT2D eigenvalue weighted by Gasteiger charge is 1.74. The van der Waals surface area contributed by atoms with Crippen molar-refractivity contribution in [2.75, 3.05) is 7.05 Å². The monoisotopic (exact) mass is 129 g/mol. The molecular weight excluding hydrogens is 118 g/mol. The molecule has 0 heterocycles. The first-order valence-electron chi connectivity index (χ1n) is 2.51. The second kappa shape index (κ2) is 10.1. The second-order valence-electron chi connectivity index (χ2n) is 1.23. The van der Waals surface area contributed by atoms with E-state index in [1.807, 2.05) is 0 Å². The number of hydrogen-bond donors (Lipinski definition) is 0. The zero-order chi connectivity index (χ0) is 7.70. The maximum absolute atomic E-state index is 9.89. The number of Topliss-reactive ketones (excluding diaryl/α,β-unsaturated/α-hetero) is 1. The molecule has 9 heavy (non-hydrogen) atoms. The maximum atomic E-state index is 9.89. The van der Waals surface area contributed by atoms with E-state index in [1.165, 1.54) is 20.1 Å². The third-order valence-corrected chi connectivity index (χ3v) is 0.311. The third kappa shape index (κ3) is 43.6. The first-order chi connectivity index (χ1) is 4.18. The average Bonchev–Trinajstić information content (AvgIpc) is 1.67. The Kier molecular flexibility index (Phi) is 12.2. The van der Waals surface area contributed by atoms with Gasteiger partial charge in [-0.3, -0.25) is 9.79 Å². The van der Waals surface area contributed by atoms with Gasteiger partial charge in [0.15, 0.2) is 5.78 Å². The van der Waals surface area contributed by atoms with Crippen LogP contribution in [0.1, 0.15) is 13.8 Å². The molecular formula is C6H11NO2. The highest BCUT2D eigenvalue weighted by molar-refractivity contribution is 6.26. The molecule has 3 heteroatoms. The van der Waals surface area contributed by atoms with Gasteiger partial charge in [-0.05, 0) is 6.92 Å². The molecule has 3 nitrogen and oxygen atoms in total. The van der Waals surface area contributed by atoms with Gasteiger partial charge in [0.2, 0.25) is 0 Å². The molecule has 0 atom stereocenters. The molecule has 0 bridgehead atoms. The topological polar surface area (TPSA) is 46.5 Å². The molecule has 0 saturated heterocycles. The summed E-state index contributed by atoms with van der Waals surface area (Å²) in [6.45, 7) is 2.91. The number of hydrogen-bond acceptors (Lipinski definition) is 3. The lowest BCUT2D eigenvalue weighted by molar-refractivity contribution is -0.110. The van der Waals surface area contributed by atoms with Crippen LogP contribution in [0.15, 0.2) is 4.99 Å². The molecule has 0 N–H and O–H groups in total. The van der Waals surface area contributed by atoms with Crippen LogP contribution in [-0.4, -0.2) is 25.3 Å². The Hall–Kier alpha value is -0.990. The van der Waals surface area contributed by atoms with Crippen molar-refractivity contribution in [3.8, 4) is 0 Å². The van der Waals surface area contributed by atoms with E-state index in [4.69, 9.17) is 4.79 Å². The predicted octanol–water partition coefficient (Wildman–Crippen LogP) is 0.481. The van der Waals surface area contributed by atoms with Gasteiger partial charge in [-0.25, -0.2) is 0 Å². The number of ketones is 1. The normalized spacial score (nSPS) is 7.89. The second-order valence-corrected chi connectivity index (χ2v) is 1.23.